The molecule has 1 aromatic rings. The number of nitrogens with zero attached hydrogens (tertiary/aromatic N) is 1. The quantitative estimate of drug-likeness (QED) is 0.805. The molecule has 5 nitrogen and oxygen atoms in total. The number of carbonyl (C=O) groups excluding carboxylic acids is 1. The van der Waals surface area contributed by atoms with Gasteiger partial charge in [-0.25, -0.2) is 4.79 Å². The van der Waals surface area contributed by atoms with Crippen molar-refractivity contribution in [3.8, 4) is 0 Å². The fourth-order valence-electron chi connectivity index (χ4n) is 1.66. The summed E-state index contributed by atoms with van der Waals surface area (Å²) in [4.78, 5) is 23.9. The Bertz CT molecular complexity index is 493. The maximum absolute atomic E-state index is 11.8. The van der Waals surface area contributed by atoms with Gasteiger partial charge in [-0.2, -0.15) is 0 Å². The topological polar surface area (TPSA) is 66.8 Å². The minimum atomic E-state index is -0.979. The molecule has 0 saturated carbocycles. The van der Waals surface area contributed by atoms with Crippen LogP contribution in [0.2, 0.25) is 0 Å². The zero-order chi connectivity index (χ0) is 15.1. The van der Waals surface area contributed by atoms with Crippen LogP contribution >= 0.6 is 0 Å². The number of benzene rings is 1. The van der Waals surface area contributed by atoms with Gasteiger partial charge in [0.15, 0.2) is 0 Å². The summed E-state index contributed by atoms with van der Waals surface area (Å²) in [6, 6.07) is 7.35. The molecule has 20 heavy (non-hydrogen) atoms. The second-order valence-electron chi connectivity index (χ2n) is 4.49. The molecule has 108 valence electrons. The van der Waals surface area contributed by atoms with Gasteiger partial charge >= 0.3 is 5.97 Å². The van der Waals surface area contributed by atoms with E-state index in [0.29, 0.717) is 6.54 Å². The van der Waals surface area contributed by atoms with Crippen LogP contribution in [0.15, 0.2) is 30.3 Å². The van der Waals surface area contributed by atoms with Crippen molar-refractivity contribution >= 4 is 18.0 Å². The molecule has 0 bridgehead atoms. The largest absolute Gasteiger partial charge is 0.478 e. The Hall–Kier alpha value is -2.14. The molecule has 0 heterocycles. The molecule has 0 saturated heterocycles. The van der Waals surface area contributed by atoms with Gasteiger partial charge < -0.3 is 14.7 Å². The zero-order valence-electron chi connectivity index (χ0n) is 11.9. The van der Waals surface area contributed by atoms with Crippen LogP contribution in [0.3, 0.4) is 0 Å². The van der Waals surface area contributed by atoms with Gasteiger partial charge in [0.2, 0.25) is 0 Å². The predicted molar refractivity (Wildman–Crippen MR) is 76.1 cm³/mol. The van der Waals surface area contributed by atoms with Crippen LogP contribution in [0.5, 0.6) is 0 Å². The molecule has 0 aliphatic heterocycles. The van der Waals surface area contributed by atoms with E-state index < -0.39 is 12.1 Å². The summed E-state index contributed by atoms with van der Waals surface area (Å²) in [7, 11) is 3.22. The summed E-state index contributed by atoms with van der Waals surface area (Å²) >= 11 is 0. The maximum atomic E-state index is 11.8. The third-order valence-corrected chi connectivity index (χ3v) is 2.90. The highest BCUT2D eigenvalue weighted by atomic mass is 16.5. The van der Waals surface area contributed by atoms with Crippen molar-refractivity contribution in [1.82, 2.24) is 4.90 Å². The molecule has 1 N–H and O–H groups in total. The lowest BCUT2D eigenvalue weighted by molar-refractivity contribution is -0.140. The van der Waals surface area contributed by atoms with Gasteiger partial charge in [-0.05, 0) is 24.1 Å². The number of hydrogen-bond acceptors (Lipinski definition) is 3. The summed E-state index contributed by atoms with van der Waals surface area (Å²) in [6.07, 6.45) is 2.15. The minimum absolute atomic E-state index is 0.0812. The van der Waals surface area contributed by atoms with Gasteiger partial charge in [-0.15, -0.1) is 0 Å². The second-order valence-corrected chi connectivity index (χ2v) is 4.49. The molecular formula is C15H19NO4. The van der Waals surface area contributed by atoms with E-state index in [4.69, 9.17) is 9.84 Å². The average Bonchev–Trinajstić information content (AvgIpc) is 2.44. The molecule has 1 unspecified atom stereocenters. The summed E-state index contributed by atoms with van der Waals surface area (Å²) in [5.74, 6) is -1.06. The normalized spacial score (nSPS) is 12.3. The molecule has 1 rings (SSSR count). The van der Waals surface area contributed by atoms with Crippen molar-refractivity contribution < 1.29 is 19.4 Å². The monoisotopic (exact) mass is 277 g/mol. The van der Waals surface area contributed by atoms with Gasteiger partial charge in [0, 0.05) is 26.8 Å². The third-order valence-electron chi connectivity index (χ3n) is 2.90. The number of ether oxygens (including phenoxy) is 1. The van der Waals surface area contributed by atoms with Crippen molar-refractivity contribution in [2.45, 2.75) is 19.6 Å². The lowest BCUT2D eigenvalue weighted by Crippen LogP contribution is -2.35. The lowest BCUT2D eigenvalue weighted by atomic mass is 10.1. The summed E-state index contributed by atoms with van der Waals surface area (Å²) < 4.78 is 4.99. The van der Waals surface area contributed by atoms with Crippen LogP contribution in [0.25, 0.3) is 6.08 Å². The molecule has 0 fully saturated rings. The van der Waals surface area contributed by atoms with Crippen LogP contribution in [0.1, 0.15) is 18.1 Å². The van der Waals surface area contributed by atoms with E-state index >= 15 is 0 Å². The number of carboxylic acids is 1. The van der Waals surface area contributed by atoms with Crippen LogP contribution in [-0.4, -0.2) is 42.1 Å². The van der Waals surface area contributed by atoms with Crippen molar-refractivity contribution in [2.24, 2.45) is 0 Å². The SMILES string of the molecule is COC(C)C(=O)N(C)Cc1ccc(/C=C/C(=O)O)cc1. The highest BCUT2D eigenvalue weighted by Gasteiger charge is 2.16. The Morgan fingerprint density at radius 2 is 1.95 bits per heavy atom. The van der Waals surface area contributed by atoms with E-state index in [9.17, 15) is 9.59 Å². The first-order chi connectivity index (χ1) is 9.43. The molecule has 1 amide bonds. The lowest BCUT2D eigenvalue weighted by Gasteiger charge is -2.20. The Morgan fingerprint density at radius 1 is 1.35 bits per heavy atom. The molecule has 0 aliphatic rings. The molecule has 0 radical (unpaired) electrons. The third kappa shape index (κ3) is 4.85. The van der Waals surface area contributed by atoms with E-state index in [1.807, 2.05) is 24.3 Å². The molecule has 1 atom stereocenters. The fourth-order valence-corrected chi connectivity index (χ4v) is 1.66. The highest BCUT2D eigenvalue weighted by molar-refractivity contribution is 5.85. The Labute approximate surface area is 118 Å². The van der Waals surface area contributed by atoms with E-state index in [-0.39, 0.29) is 5.91 Å². The summed E-state index contributed by atoms with van der Waals surface area (Å²) in [5.41, 5.74) is 1.77. The standard InChI is InChI=1S/C15H19NO4/c1-11(20-3)15(19)16(2)10-13-6-4-12(5-7-13)8-9-14(17)18/h4-9,11H,10H2,1-3H3,(H,17,18)/b9-8+. The number of carboxylic acid groups (broad SMARTS) is 1. The molecule has 1 aromatic carbocycles. The molecule has 0 spiro atoms. The molecular weight excluding hydrogens is 258 g/mol. The van der Waals surface area contributed by atoms with Gasteiger partial charge in [0.25, 0.3) is 5.91 Å². The van der Waals surface area contributed by atoms with Crippen molar-refractivity contribution in [3.05, 3.63) is 41.5 Å². The fraction of sp³-hybridized carbons (Fsp3) is 0.333. The van der Waals surface area contributed by atoms with Crippen molar-refractivity contribution in [1.29, 1.82) is 0 Å². The number of carbonyl (C=O) groups is 2. The number of amides is 1. The number of rotatable bonds is 6. The highest BCUT2D eigenvalue weighted by Crippen LogP contribution is 2.09. The Kier molecular flexibility index (Phi) is 5.93. The van der Waals surface area contributed by atoms with E-state index in [1.165, 1.54) is 13.2 Å². The van der Waals surface area contributed by atoms with Crippen LogP contribution < -0.4 is 0 Å². The number of hydrogen-bond donors (Lipinski definition) is 1. The second kappa shape index (κ2) is 7.45. The van der Waals surface area contributed by atoms with Gasteiger partial charge in [0.1, 0.15) is 6.10 Å². The van der Waals surface area contributed by atoms with Crippen LogP contribution in [0, 0.1) is 0 Å². The van der Waals surface area contributed by atoms with Gasteiger partial charge in [0.05, 0.1) is 0 Å². The Morgan fingerprint density at radius 3 is 2.45 bits per heavy atom. The van der Waals surface area contributed by atoms with Crippen LogP contribution in [-0.2, 0) is 20.9 Å². The molecule has 5 heteroatoms. The summed E-state index contributed by atoms with van der Waals surface area (Å²) in [5, 5.41) is 8.54. The van der Waals surface area contributed by atoms with E-state index in [1.54, 1.807) is 18.9 Å². The molecule has 0 aromatic heterocycles. The number of methoxy groups -OCH3 is 1. The van der Waals surface area contributed by atoms with Crippen molar-refractivity contribution in [2.75, 3.05) is 14.2 Å². The molecule has 0 aliphatic carbocycles. The average molecular weight is 277 g/mol. The smallest absolute Gasteiger partial charge is 0.328 e. The zero-order valence-corrected chi connectivity index (χ0v) is 11.9. The first-order valence-electron chi connectivity index (χ1n) is 6.21. The van der Waals surface area contributed by atoms with Gasteiger partial charge in [-0.3, -0.25) is 4.79 Å². The minimum Gasteiger partial charge on any atom is -0.478 e. The van der Waals surface area contributed by atoms with Crippen molar-refractivity contribution in [3.63, 3.8) is 0 Å². The van der Waals surface area contributed by atoms with Crippen LogP contribution in [0.4, 0.5) is 0 Å². The maximum Gasteiger partial charge on any atom is 0.328 e. The van der Waals surface area contributed by atoms with Gasteiger partial charge in [-0.1, -0.05) is 24.3 Å². The number of aliphatic carboxylic acids is 1. The first-order valence-corrected chi connectivity index (χ1v) is 6.21. The first kappa shape index (κ1) is 15.9. The Balaban J connectivity index is 2.65. The van der Waals surface area contributed by atoms with E-state index in [2.05, 4.69) is 0 Å². The summed E-state index contributed by atoms with van der Waals surface area (Å²) in [6.45, 7) is 2.19. The predicted octanol–water partition coefficient (Wildman–Crippen LogP) is 1.78. The van der Waals surface area contributed by atoms with E-state index in [0.717, 1.165) is 17.2 Å². The number of likely N-dealkylation sites (N-methyl/N-ethyl adjacent to an activating group) is 1.